The average molecular weight is 295 g/mol. The second-order valence-electron chi connectivity index (χ2n) is 4.56. The minimum Gasteiger partial charge on any atom is -0.490 e. The summed E-state index contributed by atoms with van der Waals surface area (Å²) in [6.07, 6.45) is -0.579. The predicted molar refractivity (Wildman–Crippen MR) is 72.6 cm³/mol. The normalized spacial score (nSPS) is 16.6. The zero-order valence-corrected chi connectivity index (χ0v) is 11.2. The van der Waals surface area contributed by atoms with E-state index in [1.165, 1.54) is 12.1 Å². The van der Waals surface area contributed by atoms with Gasteiger partial charge in [-0.2, -0.15) is 0 Å². The van der Waals surface area contributed by atoms with Crippen LogP contribution in [0.4, 0.5) is 4.39 Å². The zero-order chi connectivity index (χ0) is 14.1. The highest BCUT2D eigenvalue weighted by atomic mass is 35.5. The maximum atomic E-state index is 13.3. The van der Waals surface area contributed by atoms with E-state index in [2.05, 4.69) is 0 Å². The van der Waals surface area contributed by atoms with Crippen LogP contribution in [0.25, 0.3) is 0 Å². The van der Waals surface area contributed by atoms with Crippen LogP contribution < -0.4 is 9.47 Å². The largest absolute Gasteiger partial charge is 0.490 e. The highest BCUT2D eigenvalue weighted by molar-refractivity contribution is 6.30. The fraction of sp³-hybridized carbons (Fsp3) is 0.200. The number of benzene rings is 2. The van der Waals surface area contributed by atoms with Crippen molar-refractivity contribution in [3.05, 3.63) is 58.4 Å². The summed E-state index contributed by atoms with van der Waals surface area (Å²) in [4.78, 5) is 0. The van der Waals surface area contributed by atoms with Gasteiger partial charge in [-0.25, -0.2) is 4.39 Å². The van der Waals surface area contributed by atoms with Crippen LogP contribution in [0.2, 0.25) is 5.02 Å². The van der Waals surface area contributed by atoms with Crippen molar-refractivity contribution in [3.63, 3.8) is 0 Å². The molecular formula is C15H12ClFO3. The Kier molecular flexibility index (Phi) is 3.51. The molecular weight excluding hydrogens is 283 g/mol. The minimum absolute atomic E-state index is 0.0914. The van der Waals surface area contributed by atoms with E-state index in [4.69, 9.17) is 21.1 Å². The Balaban J connectivity index is 1.71. The van der Waals surface area contributed by atoms with Crippen molar-refractivity contribution in [3.8, 4) is 11.5 Å². The molecule has 0 fully saturated rings. The Morgan fingerprint density at radius 1 is 1.30 bits per heavy atom. The Labute approximate surface area is 120 Å². The number of hydrogen-bond acceptors (Lipinski definition) is 3. The molecule has 0 saturated heterocycles. The molecule has 2 aromatic rings. The van der Waals surface area contributed by atoms with Crippen molar-refractivity contribution in [1.82, 2.24) is 0 Å². The third-order valence-corrected chi connectivity index (χ3v) is 3.44. The molecule has 0 bridgehead atoms. The van der Waals surface area contributed by atoms with Gasteiger partial charge in [-0.3, -0.25) is 0 Å². The number of hydrogen-bond donors (Lipinski definition) is 1. The van der Waals surface area contributed by atoms with Gasteiger partial charge in [0.1, 0.15) is 36.6 Å². The molecule has 0 saturated carbocycles. The van der Waals surface area contributed by atoms with Gasteiger partial charge in [0, 0.05) is 11.6 Å². The lowest BCUT2D eigenvalue weighted by molar-refractivity contribution is 0.140. The molecule has 0 aromatic heterocycles. The topological polar surface area (TPSA) is 38.7 Å². The smallest absolute Gasteiger partial charge is 0.142 e. The maximum absolute atomic E-state index is 13.3. The van der Waals surface area contributed by atoms with Gasteiger partial charge in [0.2, 0.25) is 0 Å². The van der Waals surface area contributed by atoms with Crippen LogP contribution in [0.5, 0.6) is 11.5 Å². The summed E-state index contributed by atoms with van der Waals surface area (Å²) in [7, 11) is 0. The van der Waals surface area contributed by atoms with E-state index in [1.807, 2.05) is 0 Å². The van der Waals surface area contributed by atoms with E-state index in [0.717, 1.165) is 5.56 Å². The molecule has 2 aromatic carbocycles. The molecule has 3 nitrogen and oxygen atoms in total. The highest BCUT2D eigenvalue weighted by Gasteiger charge is 2.22. The van der Waals surface area contributed by atoms with Crippen molar-refractivity contribution >= 4 is 11.6 Å². The summed E-state index contributed by atoms with van der Waals surface area (Å²) in [5.41, 5.74) is 1.45. The SMILES string of the molecule is OC1COc2cc(OCc3ccc(Cl)c(F)c3)ccc21. The summed E-state index contributed by atoms with van der Waals surface area (Å²) in [5.74, 6) is 0.763. The van der Waals surface area contributed by atoms with Crippen LogP contribution >= 0.6 is 11.6 Å². The molecule has 1 N–H and O–H groups in total. The molecule has 1 heterocycles. The fourth-order valence-corrected chi connectivity index (χ4v) is 2.18. The number of fused-ring (bicyclic) bond motifs is 1. The molecule has 1 atom stereocenters. The quantitative estimate of drug-likeness (QED) is 0.942. The van der Waals surface area contributed by atoms with Crippen LogP contribution in [0.1, 0.15) is 17.2 Å². The van der Waals surface area contributed by atoms with Crippen molar-refractivity contribution in [2.45, 2.75) is 12.7 Å². The number of aliphatic hydroxyl groups excluding tert-OH is 1. The second kappa shape index (κ2) is 5.31. The van der Waals surface area contributed by atoms with E-state index in [-0.39, 0.29) is 18.2 Å². The molecule has 1 aliphatic heterocycles. The average Bonchev–Trinajstić information content (AvgIpc) is 2.81. The van der Waals surface area contributed by atoms with Gasteiger partial charge in [0.25, 0.3) is 0 Å². The Morgan fingerprint density at radius 2 is 2.15 bits per heavy atom. The first kappa shape index (κ1) is 13.2. The monoisotopic (exact) mass is 294 g/mol. The van der Waals surface area contributed by atoms with Crippen LogP contribution in [0.15, 0.2) is 36.4 Å². The van der Waals surface area contributed by atoms with Gasteiger partial charge >= 0.3 is 0 Å². The molecule has 0 radical (unpaired) electrons. The molecule has 1 aliphatic rings. The lowest BCUT2D eigenvalue weighted by Crippen LogP contribution is -1.97. The minimum atomic E-state index is -0.579. The predicted octanol–water partition coefficient (Wildman–Crippen LogP) is 3.48. The van der Waals surface area contributed by atoms with Gasteiger partial charge in [-0.05, 0) is 29.8 Å². The maximum Gasteiger partial charge on any atom is 0.142 e. The van der Waals surface area contributed by atoms with E-state index in [9.17, 15) is 9.50 Å². The van der Waals surface area contributed by atoms with Gasteiger partial charge in [-0.1, -0.05) is 17.7 Å². The second-order valence-corrected chi connectivity index (χ2v) is 4.97. The van der Waals surface area contributed by atoms with Crippen LogP contribution in [-0.4, -0.2) is 11.7 Å². The van der Waals surface area contributed by atoms with Gasteiger partial charge < -0.3 is 14.6 Å². The third-order valence-electron chi connectivity index (χ3n) is 3.13. The van der Waals surface area contributed by atoms with Gasteiger partial charge in [0.05, 0.1) is 5.02 Å². The molecule has 20 heavy (non-hydrogen) atoms. The van der Waals surface area contributed by atoms with Crippen molar-refractivity contribution in [2.24, 2.45) is 0 Å². The molecule has 0 aliphatic carbocycles. The molecule has 104 valence electrons. The van der Waals surface area contributed by atoms with E-state index < -0.39 is 11.9 Å². The number of rotatable bonds is 3. The van der Waals surface area contributed by atoms with E-state index in [0.29, 0.717) is 17.1 Å². The van der Waals surface area contributed by atoms with Gasteiger partial charge in [0.15, 0.2) is 0 Å². The summed E-state index contributed by atoms with van der Waals surface area (Å²) < 4.78 is 24.2. The summed E-state index contributed by atoms with van der Waals surface area (Å²) in [6.45, 7) is 0.497. The zero-order valence-electron chi connectivity index (χ0n) is 10.5. The van der Waals surface area contributed by atoms with Crippen LogP contribution in [0.3, 0.4) is 0 Å². The van der Waals surface area contributed by atoms with Crippen LogP contribution in [0, 0.1) is 5.82 Å². The molecule has 0 spiro atoms. The highest BCUT2D eigenvalue weighted by Crippen LogP contribution is 2.35. The lowest BCUT2D eigenvalue weighted by atomic mass is 10.1. The molecule has 0 amide bonds. The first-order chi connectivity index (χ1) is 9.63. The van der Waals surface area contributed by atoms with Crippen molar-refractivity contribution < 1.29 is 19.0 Å². The fourth-order valence-electron chi connectivity index (χ4n) is 2.06. The summed E-state index contributed by atoms with van der Waals surface area (Å²) in [5, 5.41) is 9.71. The molecule has 1 unspecified atom stereocenters. The van der Waals surface area contributed by atoms with Gasteiger partial charge in [-0.15, -0.1) is 0 Å². The van der Waals surface area contributed by atoms with Crippen molar-refractivity contribution in [2.75, 3.05) is 6.61 Å². The Hall–Kier alpha value is -1.78. The molecule has 5 heteroatoms. The third kappa shape index (κ3) is 2.57. The summed E-state index contributed by atoms with van der Waals surface area (Å²) >= 11 is 5.62. The van der Waals surface area contributed by atoms with Crippen LogP contribution in [-0.2, 0) is 6.61 Å². The van der Waals surface area contributed by atoms with E-state index in [1.54, 1.807) is 24.3 Å². The van der Waals surface area contributed by atoms with Crippen molar-refractivity contribution in [1.29, 1.82) is 0 Å². The van der Waals surface area contributed by atoms with E-state index >= 15 is 0 Å². The number of ether oxygens (including phenoxy) is 2. The first-order valence-electron chi connectivity index (χ1n) is 6.15. The number of halogens is 2. The Morgan fingerprint density at radius 3 is 2.95 bits per heavy atom. The molecule has 3 rings (SSSR count). The Bertz CT molecular complexity index is 645. The number of aliphatic hydroxyl groups is 1. The summed E-state index contributed by atoms with van der Waals surface area (Å²) in [6, 6.07) is 9.79. The lowest BCUT2D eigenvalue weighted by Gasteiger charge is -2.08. The standard InChI is InChI=1S/C15H12ClFO3/c16-12-4-1-9(5-13(12)17)7-19-10-2-3-11-14(18)8-20-15(11)6-10/h1-6,14,18H,7-8H2. The first-order valence-corrected chi connectivity index (χ1v) is 6.53.